The van der Waals surface area contributed by atoms with E-state index in [1.165, 1.54) is 19.3 Å². The van der Waals surface area contributed by atoms with Crippen LogP contribution in [-0.4, -0.2) is 150 Å². The highest BCUT2D eigenvalue weighted by Crippen LogP contribution is 2.44. The van der Waals surface area contributed by atoms with Crippen LogP contribution in [0.1, 0.15) is 82.5 Å². The summed E-state index contributed by atoms with van der Waals surface area (Å²) < 4.78 is 41.5. The molecule has 5 aliphatic heterocycles. The van der Waals surface area contributed by atoms with Crippen LogP contribution >= 0.6 is 21.6 Å². The van der Waals surface area contributed by atoms with Gasteiger partial charge in [-0.15, -0.1) is 0 Å². The number of ether oxygens (including phenoxy) is 7. The molecule has 0 saturated heterocycles. The smallest absolute Gasteiger partial charge is 0.261 e. The predicted molar refractivity (Wildman–Crippen MR) is 337 cm³/mol. The largest absolute Gasteiger partial charge is 0.493 e. The molecular weight excluding hydrogens is 1150 g/mol. The Balaban J connectivity index is 0.876. The molecule has 20 nitrogen and oxygen atoms in total. The Morgan fingerprint density at radius 1 is 0.724 bits per heavy atom. The Hall–Kier alpha value is -7.89. The first-order chi connectivity index (χ1) is 42.2. The van der Waals surface area contributed by atoms with Crippen LogP contribution in [0, 0.1) is 0 Å². The quantitative estimate of drug-likeness (QED) is 0.0249. The molecule has 0 saturated carbocycles. The zero-order valence-electron chi connectivity index (χ0n) is 49.6. The molecule has 5 heterocycles. The number of hydrogen-bond donors (Lipinski definition) is 2. The second kappa shape index (κ2) is 28.7. The molecule has 0 bridgehead atoms. The molecule has 458 valence electrons. The highest BCUT2D eigenvalue weighted by Gasteiger charge is 2.39. The maximum absolute atomic E-state index is 14.8. The number of aliphatic imine (C=N–C) groups is 1. The zero-order chi connectivity index (χ0) is 61.0. The Bertz CT molecular complexity index is 3430. The highest BCUT2D eigenvalue weighted by atomic mass is 33.1. The molecule has 5 aromatic rings. The van der Waals surface area contributed by atoms with E-state index in [-0.39, 0.29) is 98.1 Å². The molecule has 22 heteroatoms. The first-order valence-electron chi connectivity index (χ1n) is 29.2. The summed E-state index contributed by atoms with van der Waals surface area (Å²) >= 11 is 0. The molecule has 0 spiro atoms. The van der Waals surface area contributed by atoms with Crippen LogP contribution in [0.15, 0.2) is 108 Å². The molecule has 5 aliphatic rings. The summed E-state index contributed by atoms with van der Waals surface area (Å²) in [5.41, 5.74) is 7.88. The Kier molecular flexibility index (Phi) is 20.5. The lowest BCUT2D eigenvalue weighted by Crippen LogP contribution is -2.39. The van der Waals surface area contributed by atoms with Gasteiger partial charge in [0.05, 0.1) is 81.8 Å². The average Bonchev–Trinajstić information content (AvgIpc) is 1.96. The minimum atomic E-state index is -0.384. The number of nitrogens with zero attached hydrogens (tertiary/aromatic N) is 5. The second-order valence-corrected chi connectivity index (χ2v) is 25.2. The predicted octanol–water partition coefficient (Wildman–Crippen LogP) is 8.92. The summed E-state index contributed by atoms with van der Waals surface area (Å²) in [6, 6.07) is 28.3. The van der Waals surface area contributed by atoms with E-state index in [1.807, 2.05) is 71.8 Å². The monoisotopic (exact) mass is 1220 g/mol. The van der Waals surface area contributed by atoms with E-state index in [2.05, 4.69) is 30.5 Å². The zero-order valence-corrected chi connectivity index (χ0v) is 51.3. The van der Waals surface area contributed by atoms with E-state index in [4.69, 9.17) is 38.2 Å². The van der Waals surface area contributed by atoms with E-state index in [9.17, 15) is 28.8 Å². The van der Waals surface area contributed by atoms with Crippen LogP contribution in [0.25, 0.3) is 0 Å². The van der Waals surface area contributed by atoms with Gasteiger partial charge in [-0.1, -0.05) is 58.0 Å². The topological polar surface area (TPSA) is 216 Å². The van der Waals surface area contributed by atoms with E-state index in [0.717, 1.165) is 33.8 Å². The number of carbonyl (C=O) groups is 6. The van der Waals surface area contributed by atoms with Crippen LogP contribution in [0.5, 0.6) is 23.0 Å². The van der Waals surface area contributed by atoms with Gasteiger partial charge in [-0.05, 0) is 97.8 Å². The van der Waals surface area contributed by atoms with E-state index >= 15 is 0 Å². The number of para-hydroxylation sites is 2. The highest BCUT2D eigenvalue weighted by molar-refractivity contribution is 8.77. The number of nitrogens with one attached hydrogen (secondary N) is 2. The number of carbonyl (C=O) groups excluding carboxylic acids is 6. The molecule has 0 aromatic heterocycles. The lowest BCUT2D eigenvalue weighted by atomic mass is 10.1. The van der Waals surface area contributed by atoms with E-state index in [0.29, 0.717) is 127 Å². The van der Waals surface area contributed by atoms with E-state index in [1.54, 1.807) is 69.9 Å². The molecule has 0 aliphatic carbocycles. The van der Waals surface area contributed by atoms with Gasteiger partial charge in [0.2, 0.25) is 11.8 Å². The summed E-state index contributed by atoms with van der Waals surface area (Å²) in [4.78, 5) is 91.0. The standard InChI is InChI=1S/C65H73N7O13S2/c1-65(2,87-86-28-10-15-59(73)66-20-21-70-60(74)16-17-61(70)75)19-18-62(76)69(22-23-82-26-27-83-25-24-79-3)46-30-42(40-84-57-36-51-49(34-55(57)80-4)63(77)71-47(38-67-51)32-44-11-6-8-13-53(44)71)29-43(31-46)41-85-58-37-52-50(35-56(58)81-5)64(78)72-48(39-68-52)33-45-12-7-9-14-54(45)72/h6-9,11-14,16-17,29-31,34-38,47-48,68H,10,15,18-28,32-33,39-41H2,1-5H3,(H,66,73)/t47-,48-/m0/s1. The number of imide groups is 1. The molecular formula is C65H73N7O13S2. The van der Waals surface area contributed by atoms with Gasteiger partial charge in [-0.2, -0.15) is 0 Å². The Morgan fingerprint density at radius 2 is 1.36 bits per heavy atom. The van der Waals surface area contributed by atoms with Crippen molar-refractivity contribution in [3.8, 4) is 23.0 Å². The lowest BCUT2D eigenvalue weighted by molar-refractivity contribution is -0.137. The fraction of sp³-hybridized carbons (Fsp3) is 0.400. The van der Waals surface area contributed by atoms with Gasteiger partial charge in [0.25, 0.3) is 23.6 Å². The van der Waals surface area contributed by atoms with Crippen LogP contribution in [-0.2, 0) is 59.4 Å². The van der Waals surface area contributed by atoms with Crippen LogP contribution in [0.3, 0.4) is 0 Å². The van der Waals surface area contributed by atoms with Crippen molar-refractivity contribution in [3.05, 3.63) is 137 Å². The number of rotatable bonds is 30. The number of amides is 6. The molecule has 0 fully saturated rings. The summed E-state index contributed by atoms with van der Waals surface area (Å²) in [5, 5.41) is 6.31. The van der Waals surface area contributed by atoms with Gasteiger partial charge in [0, 0.05) is 111 Å². The van der Waals surface area contributed by atoms with Gasteiger partial charge >= 0.3 is 0 Å². The average molecular weight is 1220 g/mol. The fourth-order valence-electron chi connectivity index (χ4n) is 11.1. The van der Waals surface area contributed by atoms with Gasteiger partial charge in [0.15, 0.2) is 23.0 Å². The number of methoxy groups -OCH3 is 3. The van der Waals surface area contributed by atoms with Crippen molar-refractivity contribution in [2.24, 2.45) is 4.99 Å². The van der Waals surface area contributed by atoms with Crippen molar-refractivity contribution in [2.45, 2.75) is 82.4 Å². The Morgan fingerprint density at radius 3 is 2.06 bits per heavy atom. The number of anilines is 4. The van der Waals surface area contributed by atoms with Crippen LogP contribution in [0.4, 0.5) is 28.4 Å². The second-order valence-electron chi connectivity index (χ2n) is 22.1. The summed E-state index contributed by atoms with van der Waals surface area (Å²) in [5.74, 6) is 0.822. The molecule has 0 radical (unpaired) electrons. The normalized spacial score (nSPS) is 16.3. The Labute approximate surface area is 514 Å². The third-order valence-corrected chi connectivity index (χ3v) is 19.0. The number of benzene rings is 5. The van der Waals surface area contributed by atoms with Crippen LogP contribution in [0.2, 0.25) is 0 Å². The summed E-state index contributed by atoms with van der Waals surface area (Å²) in [6.07, 6.45) is 7.28. The van der Waals surface area contributed by atoms with E-state index < -0.39 is 0 Å². The van der Waals surface area contributed by atoms with Crippen molar-refractivity contribution >= 4 is 91.7 Å². The molecule has 5 aromatic carbocycles. The van der Waals surface area contributed by atoms with Crippen molar-refractivity contribution in [2.75, 3.05) is 106 Å². The SMILES string of the molecule is COCCOCCOCCN(C(=O)CCC(C)(C)SSCCCC(=O)NCCN1C(=O)C=CC1=O)c1cc(COc2cc3c(cc2OC)C(=O)N2c4ccccc4C[C@H]2C=N3)cc(COc2cc3c(cc2OC)C(=O)N2c4ccccc4C[C@H]2CN3)c1. The fourth-order valence-corrected chi connectivity index (χ4v) is 13.8. The lowest BCUT2D eigenvalue weighted by Gasteiger charge is -2.27. The molecule has 87 heavy (non-hydrogen) atoms. The first kappa shape index (κ1) is 62.2. The first-order valence-corrected chi connectivity index (χ1v) is 31.5. The maximum Gasteiger partial charge on any atom is 0.261 e. The number of fused-ring (bicyclic) bond motifs is 8. The van der Waals surface area contributed by atoms with Crippen molar-refractivity contribution < 1.29 is 61.9 Å². The van der Waals surface area contributed by atoms with Gasteiger partial charge < -0.3 is 53.6 Å². The van der Waals surface area contributed by atoms with Crippen molar-refractivity contribution in [1.82, 2.24) is 10.2 Å². The number of hydrogen-bond acceptors (Lipinski definition) is 17. The molecule has 6 amide bonds. The molecule has 2 N–H and O–H groups in total. The van der Waals surface area contributed by atoms with Gasteiger partial charge in [0.1, 0.15) is 13.2 Å². The molecule has 10 rings (SSSR count). The van der Waals surface area contributed by atoms with Crippen molar-refractivity contribution in [1.29, 1.82) is 0 Å². The maximum atomic E-state index is 14.8. The third kappa shape index (κ3) is 14.9. The minimum Gasteiger partial charge on any atom is -0.493 e. The summed E-state index contributed by atoms with van der Waals surface area (Å²) in [6.45, 7) is 7.02. The minimum absolute atomic E-state index is 0.0169. The molecule has 2 atom stereocenters. The molecule has 0 unspecified atom stereocenters. The summed E-state index contributed by atoms with van der Waals surface area (Å²) in [7, 11) is 7.98. The van der Waals surface area contributed by atoms with Crippen molar-refractivity contribution in [3.63, 3.8) is 0 Å². The van der Waals surface area contributed by atoms with Gasteiger partial charge in [-0.25, -0.2) is 0 Å². The van der Waals surface area contributed by atoms with Gasteiger partial charge in [-0.3, -0.25) is 43.6 Å². The third-order valence-electron chi connectivity index (χ3n) is 15.6. The van der Waals surface area contributed by atoms with Crippen LogP contribution < -0.4 is 44.3 Å².